The highest BCUT2D eigenvalue weighted by Gasteiger charge is 2.68. The number of alkyl halides is 6. The zero-order valence-corrected chi connectivity index (χ0v) is 12.9. The Morgan fingerprint density at radius 2 is 1.41 bits per heavy atom. The summed E-state index contributed by atoms with van der Waals surface area (Å²) < 4.78 is 74.9. The molecule has 0 rings (SSSR count). The van der Waals surface area contributed by atoms with Crippen molar-refractivity contribution >= 4 is 0 Å². The standard InChI is InChI=1S/C15H22F6O/c1-4-5-6-7-9-12(2,3)10-8-11-13(22,14(16,17)18)15(19,20)21/h4-5,8,11,22H,6-7,9-10H2,1-3H3/b5-4+,11-8-. The molecule has 0 spiro atoms. The summed E-state index contributed by atoms with van der Waals surface area (Å²) in [4.78, 5) is 0. The van der Waals surface area contributed by atoms with Gasteiger partial charge in [-0.3, -0.25) is 0 Å². The predicted octanol–water partition coefficient (Wildman–Crippen LogP) is 5.56. The van der Waals surface area contributed by atoms with E-state index in [9.17, 15) is 26.3 Å². The second-order valence-electron chi connectivity index (χ2n) is 5.99. The van der Waals surface area contributed by atoms with Crippen LogP contribution in [0.5, 0.6) is 0 Å². The van der Waals surface area contributed by atoms with Crippen molar-refractivity contribution in [3.05, 3.63) is 24.3 Å². The summed E-state index contributed by atoms with van der Waals surface area (Å²) in [5.74, 6) is 0. The van der Waals surface area contributed by atoms with Crippen LogP contribution >= 0.6 is 0 Å². The number of aliphatic hydroxyl groups is 1. The summed E-state index contributed by atoms with van der Waals surface area (Å²) in [5, 5.41) is 8.98. The third kappa shape index (κ3) is 6.02. The van der Waals surface area contributed by atoms with Crippen LogP contribution in [0.2, 0.25) is 0 Å². The van der Waals surface area contributed by atoms with Gasteiger partial charge in [-0.05, 0) is 44.1 Å². The maximum atomic E-state index is 12.5. The molecule has 0 aromatic heterocycles. The molecule has 1 nitrogen and oxygen atoms in total. The smallest absolute Gasteiger partial charge is 0.370 e. The fraction of sp³-hybridized carbons (Fsp3) is 0.733. The van der Waals surface area contributed by atoms with E-state index in [1.165, 1.54) is 0 Å². The lowest BCUT2D eigenvalue weighted by Crippen LogP contribution is -2.55. The number of hydrogen-bond donors (Lipinski definition) is 1. The Morgan fingerprint density at radius 1 is 0.909 bits per heavy atom. The Labute approximate surface area is 126 Å². The van der Waals surface area contributed by atoms with Gasteiger partial charge in [-0.2, -0.15) is 26.3 Å². The molecule has 0 amide bonds. The molecule has 0 unspecified atom stereocenters. The lowest BCUT2D eigenvalue weighted by atomic mass is 9.83. The van der Waals surface area contributed by atoms with E-state index in [1.54, 1.807) is 13.8 Å². The first-order valence-corrected chi connectivity index (χ1v) is 6.91. The highest BCUT2D eigenvalue weighted by Crippen LogP contribution is 2.44. The van der Waals surface area contributed by atoms with Crippen LogP contribution in [-0.2, 0) is 0 Å². The largest absolute Gasteiger partial charge is 0.429 e. The van der Waals surface area contributed by atoms with E-state index in [4.69, 9.17) is 5.11 Å². The van der Waals surface area contributed by atoms with Gasteiger partial charge in [0.25, 0.3) is 5.60 Å². The number of unbranched alkanes of at least 4 members (excludes halogenated alkanes) is 1. The van der Waals surface area contributed by atoms with Gasteiger partial charge in [0, 0.05) is 0 Å². The summed E-state index contributed by atoms with van der Waals surface area (Å²) in [6.07, 6.45) is -4.98. The molecule has 1 N–H and O–H groups in total. The van der Waals surface area contributed by atoms with Gasteiger partial charge in [-0.25, -0.2) is 0 Å². The van der Waals surface area contributed by atoms with Crippen molar-refractivity contribution in [3.8, 4) is 0 Å². The number of allylic oxidation sites excluding steroid dienone is 3. The molecular weight excluding hydrogens is 310 g/mol. The minimum absolute atomic E-state index is 0.0112. The first kappa shape index (κ1) is 21.0. The molecule has 0 aliphatic heterocycles. The second kappa shape index (κ2) is 7.53. The van der Waals surface area contributed by atoms with Gasteiger partial charge in [0.1, 0.15) is 0 Å². The monoisotopic (exact) mass is 332 g/mol. The minimum atomic E-state index is -5.81. The molecule has 22 heavy (non-hydrogen) atoms. The van der Waals surface area contributed by atoms with Crippen LogP contribution < -0.4 is 0 Å². The highest BCUT2D eigenvalue weighted by molar-refractivity contribution is 5.11. The summed E-state index contributed by atoms with van der Waals surface area (Å²) in [7, 11) is 0. The molecule has 0 aliphatic carbocycles. The Morgan fingerprint density at radius 3 is 1.82 bits per heavy atom. The first-order valence-electron chi connectivity index (χ1n) is 6.91. The Balaban J connectivity index is 4.86. The van der Waals surface area contributed by atoms with Crippen LogP contribution in [0.1, 0.15) is 46.5 Å². The van der Waals surface area contributed by atoms with Gasteiger partial charge in [0.2, 0.25) is 0 Å². The van der Waals surface area contributed by atoms with Gasteiger partial charge >= 0.3 is 12.4 Å². The Bertz CT molecular complexity index is 376. The first-order chi connectivity index (χ1) is 9.77. The van der Waals surface area contributed by atoms with Crippen molar-refractivity contribution in [2.45, 2.75) is 64.4 Å². The fourth-order valence-electron chi connectivity index (χ4n) is 1.87. The second-order valence-corrected chi connectivity index (χ2v) is 5.99. The lowest BCUT2D eigenvalue weighted by molar-refractivity contribution is -0.347. The van der Waals surface area contributed by atoms with E-state index in [-0.39, 0.29) is 12.5 Å². The van der Waals surface area contributed by atoms with Crippen LogP contribution in [0.4, 0.5) is 26.3 Å². The summed E-state index contributed by atoms with van der Waals surface area (Å²) in [6.45, 7) is 5.38. The lowest BCUT2D eigenvalue weighted by Gasteiger charge is -2.30. The number of rotatable bonds is 7. The third-order valence-electron chi connectivity index (χ3n) is 3.35. The molecule has 0 aromatic carbocycles. The van der Waals surface area contributed by atoms with Gasteiger partial charge in [0.05, 0.1) is 0 Å². The van der Waals surface area contributed by atoms with E-state index in [2.05, 4.69) is 0 Å². The molecule has 0 radical (unpaired) electrons. The van der Waals surface area contributed by atoms with Crippen molar-refractivity contribution in [1.29, 1.82) is 0 Å². The normalized spacial score (nSPS) is 15.2. The average molecular weight is 332 g/mol. The minimum Gasteiger partial charge on any atom is -0.370 e. The third-order valence-corrected chi connectivity index (χ3v) is 3.35. The van der Waals surface area contributed by atoms with E-state index in [0.717, 1.165) is 18.9 Å². The maximum absolute atomic E-state index is 12.5. The summed E-state index contributed by atoms with van der Waals surface area (Å²) >= 11 is 0. The molecule has 0 saturated carbocycles. The van der Waals surface area contributed by atoms with Crippen LogP contribution in [0.3, 0.4) is 0 Å². The molecule has 7 heteroatoms. The average Bonchev–Trinajstić information content (AvgIpc) is 2.31. The summed E-state index contributed by atoms with van der Waals surface area (Å²) in [6, 6.07) is 0. The molecule has 0 heterocycles. The molecule has 0 atom stereocenters. The highest BCUT2D eigenvalue weighted by atomic mass is 19.4. The quantitative estimate of drug-likeness (QED) is 0.367. The van der Waals surface area contributed by atoms with Crippen LogP contribution in [0, 0.1) is 5.41 Å². The van der Waals surface area contributed by atoms with Crippen molar-refractivity contribution in [1.82, 2.24) is 0 Å². The molecule has 0 bridgehead atoms. The SMILES string of the molecule is C/C=C/CCCC(C)(C)C/C=C\C(O)(C(F)(F)F)C(F)(F)F. The maximum Gasteiger partial charge on any atom is 0.429 e. The molecule has 130 valence electrons. The molecular formula is C15H22F6O. The van der Waals surface area contributed by atoms with Crippen LogP contribution in [-0.4, -0.2) is 23.1 Å². The zero-order chi connectivity index (χ0) is 17.7. The van der Waals surface area contributed by atoms with E-state index in [1.807, 2.05) is 19.1 Å². The van der Waals surface area contributed by atoms with Gasteiger partial charge in [-0.15, -0.1) is 0 Å². The van der Waals surface area contributed by atoms with E-state index < -0.39 is 23.4 Å². The van der Waals surface area contributed by atoms with Crippen molar-refractivity contribution in [2.75, 3.05) is 0 Å². The Hall–Kier alpha value is -0.980. The molecule has 0 fully saturated rings. The predicted molar refractivity (Wildman–Crippen MR) is 73.3 cm³/mol. The van der Waals surface area contributed by atoms with Gasteiger partial charge < -0.3 is 5.11 Å². The van der Waals surface area contributed by atoms with Crippen LogP contribution in [0.15, 0.2) is 24.3 Å². The molecule has 0 aromatic rings. The number of hydrogen-bond acceptors (Lipinski definition) is 1. The van der Waals surface area contributed by atoms with Crippen molar-refractivity contribution in [3.63, 3.8) is 0 Å². The molecule has 0 aliphatic rings. The Kier molecular flexibility index (Phi) is 7.19. The number of halogens is 6. The van der Waals surface area contributed by atoms with Crippen LogP contribution in [0.25, 0.3) is 0 Å². The zero-order valence-electron chi connectivity index (χ0n) is 12.9. The fourth-order valence-corrected chi connectivity index (χ4v) is 1.87. The van der Waals surface area contributed by atoms with Gasteiger partial charge in [0.15, 0.2) is 0 Å². The van der Waals surface area contributed by atoms with Crippen molar-refractivity contribution in [2.24, 2.45) is 5.41 Å². The van der Waals surface area contributed by atoms with Gasteiger partial charge in [-0.1, -0.05) is 32.1 Å². The topological polar surface area (TPSA) is 20.2 Å². The van der Waals surface area contributed by atoms with E-state index >= 15 is 0 Å². The molecule has 0 saturated heterocycles. The van der Waals surface area contributed by atoms with E-state index in [0.29, 0.717) is 6.42 Å². The van der Waals surface area contributed by atoms with Crippen molar-refractivity contribution < 1.29 is 31.4 Å². The summed E-state index contributed by atoms with van der Waals surface area (Å²) in [5.41, 5.74) is -5.25.